The molecular weight excluding hydrogens is 324 g/mol. The lowest BCUT2D eigenvalue weighted by atomic mass is 10.1. The van der Waals surface area contributed by atoms with Gasteiger partial charge in [0, 0.05) is 5.56 Å². The van der Waals surface area contributed by atoms with Gasteiger partial charge in [0.2, 0.25) is 0 Å². The molecule has 5 nitrogen and oxygen atoms in total. The number of thiazole rings is 1. The minimum Gasteiger partial charge on any atom is -0.492 e. The third-order valence-electron chi connectivity index (χ3n) is 3.30. The predicted octanol–water partition coefficient (Wildman–Crippen LogP) is 4.37. The number of rotatable bonds is 7. The summed E-state index contributed by atoms with van der Waals surface area (Å²) in [4.78, 5) is 16.1. The van der Waals surface area contributed by atoms with Gasteiger partial charge in [-0.05, 0) is 30.5 Å². The molecule has 0 radical (unpaired) electrons. The summed E-state index contributed by atoms with van der Waals surface area (Å²) in [5.41, 5.74) is 1.76. The SMILES string of the molecule is CCCc1nc(-c2ccc(OCC(C)C)c(C#N)c2)sc1C(=O)O. The Morgan fingerprint density at radius 2 is 2.21 bits per heavy atom. The van der Waals surface area contributed by atoms with E-state index in [0.717, 1.165) is 23.3 Å². The number of benzene rings is 1. The van der Waals surface area contributed by atoms with Gasteiger partial charge in [-0.15, -0.1) is 11.3 Å². The van der Waals surface area contributed by atoms with E-state index in [1.807, 2.05) is 26.8 Å². The van der Waals surface area contributed by atoms with Crippen LogP contribution in [0.15, 0.2) is 18.2 Å². The van der Waals surface area contributed by atoms with Crippen molar-refractivity contribution in [1.82, 2.24) is 4.98 Å². The van der Waals surface area contributed by atoms with Crippen LogP contribution in [0.25, 0.3) is 10.6 Å². The lowest BCUT2D eigenvalue weighted by Gasteiger charge is -2.10. The summed E-state index contributed by atoms with van der Waals surface area (Å²) in [6.07, 6.45) is 1.45. The number of ether oxygens (including phenoxy) is 1. The third kappa shape index (κ3) is 4.12. The zero-order valence-corrected chi connectivity index (χ0v) is 14.8. The van der Waals surface area contributed by atoms with Crippen LogP contribution in [0.4, 0.5) is 0 Å². The van der Waals surface area contributed by atoms with Crippen molar-refractivity contribution in [3.8, 4) is 22.4 Å². The zero-order chi connectivity index (χ0) is 17.7. The minimum atomic E-state index is -0.959. The molecular formula is C18H20N2O3S. The smallest absolute Gasteiger partial charge is 0.347 e. The maximum atomic E-state index is 11.4. The molecule has 0 bridgehead atoms. The number of aryl methyl sites for hydroxylation is 1. The highest BCUT2D eigenvalue weighted by atomic mass is 32.1. The van der Waals surface area contributed by atoms with Crippen molar-refractivity contribution in [3.63, 3.8) is 0 Å². The van der Waals surface area contributed by atoms with Crippen molar-refractivity contribution >= 4 is 17.3 Å². The summed E-state index contributed by atoms with van der Waals surface area (Å²) in [6, 6.07) is 7.40. The van der Waals surface area contributed by atoms with Crippen LogP contribution in [0.3, 0.4) is 0 Å². The van der Waals surface area contributed by atoms with Gasteiger partial charge in [-0.25, -0.2) is 9.78 Å². The second-order valence-electron chi connectivity index (χ2n) is 5.88. The molecule has 0 aliphatic heterocycles. The van der Waals surface area contributed by atoms with Gasteiger partial charge < -0.3 is 9.84 Å². The monoisotopic (exact) mass is 344 g/mol. The quantitative estimate of drug-likeness (QED) is 0.806. The largest absolute Gasteiger partial charge is 0.492 e. The Labute approximate surface area is 145 Å². The van der Waals surface area contributed by atoms with Gasteiger partial charge in [0.15, 0.2) is 0 Å². The summed E-state index contributed by atoms with van der Waals surface area (Å²) in [6.45, 7) is 6.60. The second kappa shape index (κ2) is 7.93. The van der Waals surface area contributed by atoms with Gasteiger partial charge in [0.05, 0.1) is 17.9 Å². The molecule has 126 valence electrons. The first-order chi connectivity index (χ1) is 11.5. The molecule has 2 aromatic rings. The number of aromatic nitrogens is 1. The number of hydrogen-bond acceptors (Lipinski definition) is 5. The van der Waals surface area contributed by atoms with E-state index >= 15 is 0 Å². The molecule has 1 aromatic carbocycles. The first-order valence-corrected chi connectivity index (χ1v) is 8.68. The maximum Gasteiger partial charge on any atom is 0.347 e. The van der Waals surface area contributed by atoms with Crippen molar-refractivity contribution < 1.29 is 14.6 Å². The Kier molecular flexibility index (Phi) is 5.93. The molecule has 0 saturated heterocycles. The molecule has 0 atom stereocenters. The molecule has 0 aliphatic carbocycles. The van der Waals surface area contributed by atoms with Crippen molar-refractivity contribution in [3.05, 3.63) is 34.3 Å². The fourth-order valence-corrected chi connectivity index (χ4v) is 3.13. The molecule has 1 N–H and O–H groups in total. The normalized spacial score (nSPS) is 10.6. The Bertz CT molecular complexity index is 775. The number of carboxylic acid groups (broad SMARTS) is 1. The van der Waals surface area contributed by atoms with E-state index in [4.69, 9.17) is 4.74 Å². The molecule has 0 spiro atoms. The second-order valence-corrected chi connectivity index (χ2v) is 6.88. The third-order valence-corrected chi connectivity index (χ3v) is 4.43. The number of carbonyl (C=O) groups is 1. The van der Waals surface area contributed by atoms with E-state index in [2.05, 4.69) is 11.1 Å². The summed E-state index contributed by atoms with van der Waals surface area (Å²) in [5, 5.41) is 19.3. The highest BCUT2D eigenvalue weighted by Crippen LogP contribution is 2.32. The number of carboxylic acids is 1. The van der Waals surface area contributed by atoms with Crippen LogP contribution in [0.5, 0.6) is 5.75 Å². The first kappa shape index (κ1) is 18.0. The van der Waals surface area contributed by atoms with E-state index < -0.39 is 5.97 Å². The van der Waals surface area contributed by atoms with E-state index in [-0.39, 0.29) is 4.88 Å². The molecule has 6 heteroatoms. The van der Waals surface area contributed by atoms with Gasteiger partial charge in [0.25, 0.3) is 0 Å². The molecule has 0 fully saturated rings. The number of hydrogen-bond donors (Lipinski definition) is 1. The molecule has 1 heterocycles. The van der Waals surface area contributed by atoms with Gasteiger partial charge in [-0.1, -0.05) is 27.2 Å². The molecule has 2 rings (SSSR count). The minimum absolute atomic E-state index is 0.269. The molecule has 0 unspecified atom stereocenters. The molecule has 0 amide bonds. The maximum absolute atomic E-state index is 11.4. The number of nitriles is 1. The van der Waals surface area contributed by atoms with Crippen molar-refractivity contribution in [1.29, 1.82) is 5.26 Å². The van der Waals surface area contributed by atoms with Crippen LogP contribution in [-0.2, 0) is 6.42 Å². The number of aromatic carboxylic acids is 1. The van der Waals surface area contributed by atoms with Crippen LogP contribution in [-0.4, -0.2) is 22.7 Å². The Balaban J connectivity index is 2.37. The van der Waals surface area contributed by atoms with Crippen LogP contribution >= 0.6 is 11.3 Å². The van der Waals surface area contributed by atoms with E-state index in [1.165, 1.54) is 0 Å². The standard InChI is InChI=1S/C18H20N2O3S/c1-4-5-14-16(18(21)22)24-17(20-14)12-6-7-15(13(8-12)9-19)23-10-11(2)3/h6-8,11H,4-5,10H2,1-3H3,(H,21,22). The Morgan fingerprint density at radius 3 is 2.79 bits per heavy atom. The van der Waals surface area contributed by atoms with Crippen molar-refractivity contribution in [2.75, 3.05) is 6.61 Å². The van der Waals surface area contributed by atoms with Gasteiger partial charge in [0.1, 0.15) is 21.7 Å². The van der Waals surface area contributed by atoms with E-state index in [9.17, 15) is 15.2 Å². The summed E-state index contributed by atoms with van der Waals surface area (Å²) >= 11 is 1.14. The van der Waals surface area contributed by atoms with Crippen molar-refractivity contribution in [2.24, 2.45) is 5.92 Å². The van der Waals surface area contributed by atoms with E-state index in [1.54, 1.807) is 12.1 Å². The van der Waals surface area contributed by atoms with Crippen LogP contribution in [0.2, 0.25) is 0 Å². The average molecular weight is 344 g/mol. The molecule has 1 aromatic heterocycles. The summed E-state index contributed by atoms with van der Waals surface area (Å²) in [5.74, 6) is -0.0525. The van der Waals surface area contributed by atoms with Crippen LogP contribution in [0, 0.1) is 17.2 Å². The lowest BCUT2D eigenvalue weighted by Crippen LogP contribution is -2.05. The Morgan fingerprint density at radius 1 is 1.46 bits per heavy atom. The summed E-state index contributed by atoms with van der Waals surface area (Å²) in [7, 11) is 0. The highest BCUT2D eigenvalue weighted by molar-refractivity contribution is 7.17. The highest BCUT2D eigenvalue weighted by Gasteiger charge is 2.18. The van der Waals surface area contributed by atoms with E-state index in [0.29, 0.717) is 41.0 Å². The summed E-state index contributed by atoms with van der Waals surface area (Å²) < 4.78 is 5.65. The Hall–Kier alpha value is -2.39. The zero-order valence-electron chi connectivity index (χ0n) is 14.0. The first-order valence-electron chi connectivity index (χ1n) is 7.86. The average Bonchev–Trinajstić information content (AvgIpc) is 2.97. The fraction of sp³-hybridized carbons (Fsp3) is 0.389. The van der Waals surface area contributed by atoms with Gasteiger partial charge in [-0.2, -0.15) is 5.26 Å². The fourth-order valence-electron chi connectivity index (χ4n) is 2.18. The molecule has 24 heavy (non-hydrogen) atoms. The van der Waals surface area contributed by atoms with Crippen LogP contribution < -0.4 is 4.74 Å². The topological polar surface area (TPSA) is 83.2 Å². The van der Waals surface area contributed by atoms with Crippen molar-refractivity contribution in [2.45, 2.75) is 33.6 Å². The molecule has 0 saturated carbocycles. The van der Waals surface area contributed by atoms with Crippen LogP contribution in [0.1, 0.15) is 48.1 Å². The lowest BCUT2D eigenvalue weighted by molar-refractivity contribution is 0.0700. The van der Waals surface area contributed by atoms with Gasteiger partial charge in [-0.3, -0.25) is 0 Å². The number of nitrogens with zero attached hydrogens (tertiary/aromatic N) is 2. The molecule has 0 aliphatic rings. The predicted molar refractivity (Wildman–Crippen MR) is 93.6 cm³/mol. The van der Waals surface area contributed by atoms with Gasteiger partial charge >= 0.3 is 5.97 Å².